The second-order valence-corrected chi connectivity index (χ2v) is 10.1. The van der Waals surface area contributed by atoms with Crippen molar-refractivity contribution in [3.05, 3.63) is 74.8 Å². The molecule has 3 fully saturated rings. The molecule has 6 rings (SSSR count). The van der Waals surface area contributed by atoms with Gasteiger partial charge in [0, 0.05) is 24.7 Å². The molecule has 0 spiro atoms. The number of piperidine rings is 1. The highest BCUT2D eigenvalue weighted by Crippen LogP contribution is 2.40. The zero-order valence-corrected chi connectivity index (χ0v) is 19.9. The molecule has 3 aliphatic rings. The Labute approximate surface area is 208 Å². The maximum Gasteiger partial charge on any atom is 0.279 e. The Morgan fingerprint density at radius 1 is 1.11 bits per heavy atom. The van der Waals surface area contributed by atoms with Crippen molar-refractivity contribution in [3.8, 4) is 23.1 Å². The summed E-state index contributed by atoms with van der Waals surface area (Å²) in [6.07, 6.45) is 4.40. The molecular weight excluding hydrogens is 465 g/mol. The Hall–Kier alpha value is -3.21. The van der Waals surface area contributed by atoms with Crippen molar-refractivity contribution >= 4 is 17.4 Å². The van der Waals surface area contributed by atoms with Gasteiger partial charge in [0.2, 0.25) is 0 Å². The van der Waals surface area contributed by atoms with E-state index in [0.29, 0.717) is 40.8 Å². The fraction of sp³-hybridized carbons (Fsp3) is 0.370. The van der Waals surface area contributed by atoms with Crippen LogP contribution < -0.4 is 15.8 Å². The largest absolute Gasteiger partial charge is 0.355 e. The van der Waals surface area contributed by atoms with Crippen molar-refractivity contribution in [2.24, 2.45) is 5.92 Å². The molecule has 35 heavy (non-hydrogen) atoms. The van der Waals surface area contributed by atoms with Crippen LogP contribution in [-0.2, 0) is 0 Å². The Balaban J connectivity index is 1.49. The third kappa shape index (κ3) is 4.01. The van der Waals surface area contributed by atoms with Crippen LogP contribution in [-0.4, -0.2) is 35.2 Å². The van der Waals surface area contributed by atoms with Crippen molar-refractivity contribution in [3.63, 3.8) is 0 Å². The predicted octanol–water partition coefficient (Wildman–Crippen LogP) is 4.63. The van der Waals surface area contributed by atoms with E-state index in [0.717, 1.165) is 32.5 Å². The second kappa shape index (κ2) is 8.78. The highest BCUT2D eigenvalue weighted by atomic mass is 35.5. The SMILES string of the molecule is N#Cc1ccc(-c2nc(N3CCC4NCCC4C3)c(Cl)c(=O)n2-c2ccc(C3CC3)cc2)cc1F. The van der Waals surface area contributed by atoms with Crippen LogP contribution in [0.3, 0.4) is 0 Å². The van der Waals surface area contributed by atoms with Crippen LogP contribution >= 0.6 is 11.6 Å². The minimum absolute atomic E-state index is 0.0542. The Bertz CT molecular complexity index is 1390. The zero-order chi connectivity index (χ0) is 24.1. The van der Waals surface area contributed by atoms with Crippen molar-refractivity contribution < 1.29 is 4.39 Å². The molecule has 1 aliphatic carbocycles. The molecule has 1 N–H and O–H groups in total. The van der Waals surface area contributed by atoms with Gasteiger partial charge < -0.3 is 10.2 Å². The lowest BCUT2D eigenvalue weighted by molar-refractivity contribution is 0.375. The summed E-state index contributed by atoms with van der Waals surface area (Å²) >= 11 is 6.68. The van der Waals surface area contributed by atoms with E-state index in [1.54, 1.807) is 6.07 Å². The monoisotopic (exact) mass is 489 g/mol. The number of anilines is 1. The number of hydrogen-bond donors (Lipinski definition) is 1. The number of rotatable bonds is 4. The van der Waals surface area contributed by atoms with Gasteiger partial charge in [0.05, 0.1) is 11.3 Å². The number of benzene rings is 2. The van der Waals surface area contributed by atoms with E-state index >= 15 is 0 Å². The van der Waals surface area contributed by atoms with E-state index in [9.17, 15) is 9.18 Å². The van der Waals surface area contributed by atoms with Crippen LogP contribution in [0.5, 0.6) is 0 Å². The Morgan fingerprint density at radius 2 is 1.91 bits per heavy atom. The molecule has 6 nitrogen and oxygen atoms in total. The molecule has 3 aromatic rings. The molecule has 2 saturated heterocycles. The molecule has 2 unspecified atom stereocenters. The summed E-state index contributed by atoms with van der Waals surface area (Å²) in [5.74, 6) is 1.17. The van der Waals surface area contributed by atoms with Crippen molar-refractivity contribution in [1.29, 1.82) is 5.26 Å². The number of halogens is 2. The molecule has 2 atom stereocenters. The molecule has 1 aromatic heterocycles. The summed E-state index contributed by atoms with van der Waals surface area (Å²) in [6.45, 7) is 2.51. The van der Waals surface area contributed by atoms with Crippen molar-refractivity contribution in [1.82, 2.24) is 14.9 Å². The predicted molar refractivity (Wildman–Crippen MR) is 134 cm³/mol. The smallest absolute Gasteiger partial charge is 0.279 e. The van der Waals surface area contributed by atoms with Crippen LogP contribution in [0.1, 0.15) is 42.7 Å². The molecule has 1 saturated carbocycles. The van der Waals surface area contributed by atoms with Gasteiger partial charge in [-0.15, -0.1) is 0 Å². The molecule has 0 bridgehead atoms. The van der Waals surface area contributed by atoms with E-state index < -0.39 is 5.82 Å². The lowest BCUT2D eigenvalue weighted by Gasteiger charge is -2.36. The minimum atomic E-state index is -0.649. The molecule has 3 heterocycles. The molecule has 8 heteroatoms. The van der Waals surface area contributed by atoms with Crippen LogP contribution in [0.2, 0.25) is 5.02 Å². The van der Waals surface area contributed by atoms with E-state index in [4.69, 9.17) is 21.8 Å². The van der Waals surface area contributed by atoms with Gasteiger partial charge in [-0.25, -0.2) is 9.37 Å². The molecule has 178 valence electrons. The van der Waals surface area contributed by atoms with Crippen LogP contribution in [0, 0.1) is 23.1 Å². The normalized spacial score (nSPS) is 21.6. The van der Waals surface area contributed by atoms with Gasteiger partial charge in [-0.2, -0.15) is 5.26 Å². The first-order valence-electron chi connectivity index (χ1n) is 12.1. The summed E-state index contributed by atoms with van der Waals surface area (Å²) in [5.41, 5.74) is 1.85. The minimum Gasteiger partial charge on any atom is -0.355 e. The standard InChI is InChI=1S/C27H25ClFN5O/c28-24-26(33-12-10-23-20(15-33)9-11-31-23)32-25(18-3-4-19(14-30)22(29)13-18)34(27(24)35)21-7-5-17(6-8-21)16-1-2-16/h3-8,13,16,20,23,31H,1-2,9-12,15H2. The van der Waals surface area contributed by atoms with Crippen LogP contribution in [0.25, 0.3) is 17.1 Å². The van der Waals surface area contributed by atoms with Gasteiger partial charge in [0.15, 0.2) is 5.82 Å². The lowest BCUT2D eigenvalue weighted by atomic mass is 9.93. The average Bonchev–Trinajstić information content (AvgIpc) is 3.62. The maximum atomic E-state index is 14.6. The highest BCUT2D eigenvalue weighted by Gasteiger charge is 2.34. The molecule has 0 amide bonds. The summed E-state index contributed by atoms with van der Waals surface area (Å²) in [4.78, 5) is 20.7. The Morgan fingerprint density at radius 3 is 2.63 bits per heavy atom. The van der Waals surface area contributed by atoms with Gasteiger partial charge in [-0.05, 0) is 80.0 Å². The first-order chi connectivity index (χ1) is 17.0. The topological polar surface area (TPSA) is 74.0 Å². The molecule has 2 aromatic carbocycles. The van der Waals surface area contributed by atoms with Crippen LogP contribution in [0.4, 0.5) is 10.2 Å². The maximum absolute atomic E-state index is 14.6. The van der Waals surface area contributed by atoms with Gasteiger partial charge in [-0.3, -0.25) is 9.36 Å². The number of nitrogens with zero attached hydrogens (tertiary/aromatic N) is 4. The van der Waals surface area contributed by atoms with Gasteiger partial charge in [0.25, 0.3) is 5.56 Å². The zero-order valence-electron chi connectivity index (χ0n) is 19.2. The van der Waals surface area contributed by atoms with E-state index in [-0.39, 0.29) is 16.1 Å². The number of fused-ring (bicyclic) bond motifs is 1. The number of aromatic nitrogens is 2. The fourth-order valence-electron chi connectivity index (χ4n) is 5.43. The average molecular weight is 490 g/mol. The Kier molecular flexibility index (Phi) is 5.58. The van der Waals surface area contributed by atoms with Gasteiger partial charge >= 0.3 is 0 Å². The first-order valence-corrected chi connectivity index (χ1v) is 12.5. The third-order valence-corrected chi connectivity index (χ3v) is 7.84. The quantitative estimate of drug-likeness (QED) is 0.578. The van der Waals surface area contributed by atoms with Gasteiger partial charge in [0.1, 0.15) is 22.7 Å². The molecule has 2 aliphatic heterocycles. The summed E-state index contributed by atoms with van der Waals surface area (Å²) < 4.78 is 16.1. The number of hydrogen-bond acceptors (Lipinski definition) is 5. The van der Waals surface area contributed by atoms with E-state index in [1.165, 1.54) is 35.1 Å². The van der Waals surface area contributed by atoms with Gasteiger partial charge in [-0.1, -0.05) is 23.7 Å². The van der Waals surface area contributed by atoms with Crippen LogP contribution in [0.15, 0.2) is 47.3 Å². The van der Waals surface area contributed by atoms with Crippen molar-refractivity contribution in [2.45, 2.75) is 37.6 Å². The van der Waals surface area contributed by atoms with E-state index in [1.807, 2.05) is 30.3 Å². The van der Waals surface area contributed by atoms with E-state index in [2.05, 4.69) is 10.2 Å². The first kappa shape index (κ1) is 22.3. The third-order valence-electron chi connectivity index (χ3n) is 7.51. The summed E-state index contributed by atoms with van der Waals surface area (Å²) in [6, 6.07) is 14.5. The molecule has 0 radical (unpaired) electrons. The lowest BCUT2D eigenvalue weighted by Crippen LogP contribution is -2.45. The fourth-order valence-corrected chi connectivity index (χ4v) is 5.68. The summed E-state index contributed by atoms with van der Waals surface area (Å²) in [7, 11) is 0. The summed E-state index contributed by atoms with van der Waals surface area (Å²) in [5, 5.41) is 12.8. The second-order valence-electron chi connectivity index (χ2n) is 9.73. The highest BCUT2D eigenvalue weighted by molar-refractivity contribution is 6.32. The van der Waals surface area contributed by atoms with Crippen molar-refractivity contribution in [2.75, 3.05) is 24.5 Å². The molecular formula is C27H25ClFN5O. The number of nitriles is 1. The number of nitrogens with one attached hydrogen (secondary N) is 1.